The van der Waals surface area contributed by atoms with Crippen LogP contribution in [-0.4, -0.2) is 5.11 Å². The summed E-state index contributed by atoms with van der Waals surface area (Å²) in [5.74, 6) is -0.301. The van der Waals surface area contributed by atoms with Crippen molar-refractivity contribution >= 4 is 5.69 Å². The van der Waals surface area contributed by atoms with Crippen LogP contribution >= 0.6 is 0 Å². The molecule has 0 aliphatic carbocycles. The summed E-state index contributed by atoms with van der Waals surface area (Å²) in [7, 11) is 0. The third-order valence-electron chi connectivity index (χ3n) is 2.00. The van der Waals surface area contributed by atoms with E-state index in [1.165, 1.54) is 18.2 Å². The van der Waals surface area contributed by atoms with Crippen LogP contribution in [0.1, 0.15) is 25.5 Å². The van der Waals surface area contributed by atoms with Crippen molar-refractivity contribution in [2.45, 2.75) is 20.0 Å². The molecule has 1 aromatic rings. The number of aliphatic hydroxyl groups excluding tert-OH is 1. The van der Waals surface area contributed by atoms with E-state index in [0.29, 0.717) is 11.3 Å². The number of nitrogen functional groups attached to an aromatic ring is 1. The zero-order valence-corrected chi connectivity index (χ0v) is 7.79. The molecule has 0 amide bonds. The van der Waals surface area contributed by atoms with Crippen LogP contribution < -0.4 is 5.73 Å². The lowest BCUT2D eigenvalue weighted by Gasteiger charge is -2.16. The van der Waals surface area contributed by atoms with E-state index >= 15 is 0 Å². The Morgan fingerprint density at radius 2 is 2.00 bits per heavy atom. The van der Waals surface area contributed by atoms with Gasteiger partial charge in [0.15, 0.2) is 0 Å². The maximum absolute atomic E-state index is 12.7. The van der Waals surface area contributed by atoms with Crippen molar-refractivity contribution in [2.24, 2.45) is 5.92 Å². The van der Waals surface area contributed by atoms with Crippen LogP contribution in [0.3, 0.4) is 0 Å². The van der Waals surface area contributed by atoms with Gasteiger partial charge in [0.25, 0.3) is 0 Å². The van der Waals surface area contributed by atoms with Gasteiger partial charge in [0.2, 0.25) is 0 Å². The maximum atomic E-state index is 12.7. The highest BCUT2D eigenvalue weighted by Crippen LogP contribution is 2.26. The van der Waals surface area contributed by atoms with Crippen LogP contribution in [0.25, 0.3) is 0 Å². The molecule has 3 N–H and O–H groups in total. The van der Waals surface area contributed by atoms with E-state index in [-0.39, 0.29) is 11.7 Å². The molecule has 3 heteroatoms. The zero-order valence-electron chi connectivity index (χ0n) is 7.79. The van der Waals surface area contributed by atoms with Gasteiger partial charge in [0, 0.05) is 11.3 Å². The van der Waals surface area contributed by atoms with Crippen molar-refractivity contribution in [1.29, 1.82) is 0 Å². The number of nitrogens with two attached hydrogens (primary N) is 1. The standard InChI is InChI=1S/C10H14FNO/c1-6(2)10(13)8-4-3-7(11)5-9(8)12/h3-6,10,13H,12H2,1-2H3. The molecule has 72 valence electrons. The van der Waals surface area contributed by atoms with E-state index in [0.717, 1.165) is 0 Å². The van der Waals surface area contributed by atoms with Crippen molar-refractivity contribution in [3.05, 3.63) is 29.6 Å². The third kappa shape index (κ3) is 2.18. The number of halogens is 1. The Kier molecular flexibility index (Phi) is 2.88. The van der Waals surface area contributed by atoms with E-state index in [1.54, 1.807) is 0 Å². The quantitative estimate of drug-likeness (QED) is 0.690. The van der Waals surface area contributed by atoms with Gasteiger partial charge in [0.05, 0.1) is 6.10 Å². The molecule has 0 fully saturated rings. The van der Waals surface area contributed by atoms with Gasteiger partial charge in [-0.05, 0) is 18.1 Å². The van der Waals surface area contributed by atoms with E-state index in [4.69, 9.17) is 5.73 Å². The lowest BCUT2D eigenvalue weighted by molar-refractivity contribution is 0.127. The number of benzene rings is 1. The molecule has 0 aliphatic heterocycles. The fraction of sp³-hybridized carbons (Fsp3) is 0.400. The van der Waals surface area contributed by atoms with Crippen molar-refractivity contribution in [3.8, 4) is 0 Å². The van der Waals surface area contributed by atoms with E-state index in [9.17, 15) is 9.50 Å². The molecular formula is C10H14FNO. The van der Waals surface area contributed by atoms with E-state index < -0.39 is 6.10 Å². The van der Waals surface area contributed by atoms with Gasteiger partial charge in [-0.1, -0.05) is 19.9 Å². The summed E-state index contributed by atoms with van der Waals surface area (Å²) in [6.45, 7) is 3.76. The number of aliphatic hydroxyl groups is 1. The normalized spacial score (nSPS) is 13.3. The molecule has 0 saturated carbocycles. The molecule has 1 aromatic carbocycles. The van der Waals surface area contributed by atoms with Crippen LogP contribution in [0.2, 0.25) is 0 Å². The first-order valence-electron chi connectivity index (χ1n) is 4.25. The lowest BCUT2D eigenvalue weighted by atomic mass is 9.98. The Balaban J connectivity index is 3.01. The second kappa shape index (κ2) is 3.75. The number of hydrogen-bond acceptors (Lipinski definition) is 2. The minimum Gasteiger partial charge on any atom is -0.398 e. The molecule has 0 bridgehead atoms. The molecule has 1 rings (SSSR count). The summed E-state index contributed by atoms with van der Waals surface area (Å²) < 4.78 is 12.7. The predicted octanol–water partition coefficient (Wildman–Crippen LogP) is 2.10. The molecule has 0 aromatic heterocycles. The van der Waals surface area contributed by atoms with Gasteiger partial charge in [-0.3, -0.25) is 0 Å². The second-order valence-electron chi connectivity index (χ2n) is 3.46. The molecule has 0 radical (unpaired) electrons. The zero-order chi connectivity index (χ0) is 10.0. The Morgan fingerprint density at radius 1 is 1.38 bits per heavy atom. The van der Waals surface area contributed by atoms with Crippen LogP contribution in [-0.2, 0) is 0 Å². The average Bonchev–Trinajstić information content (AvgIpc) is 2.03. The monoisotopic (exact) mass is 183 g/mol. The molecule has 0 spiro atoms. The summed E-state index contributed by atoms with van der Waals surface area (Å²) in [5.41, 5.74) is 6.46. The first-order chi connectivity index (χ1) is 6.02. The Hall–Kier alpha value is -1.09. The summed E-state index contributed by atoms with van der Waals surface area (Å²) in [6.07, 6.45) is -0.624. The molecule has 0 aliphatic rings. The van der Waals surface area contributed by atoms with Gasteiger partial charge in [0.1, 0.15) is 5.82 Å². The van der Waals surface area contributed by atoms with Gasteiger partial charge in [-0.15, -0.1) is 0 Å². The van der Waals surface area contributed by atoms with E-state index in [1.807, 2.05) is 13.8 Å². The molecular weight excluding hydrogens is 169 g/mol. The molecule has 0 heterocycles. The topological polar surface area (TPSA) is 46.2 Å². The first-order valence-corrected chi connectivity index (χ1v) is 4.25. The van der Waals surface area contributed by atoms with Crippen LogP contribution in [0, 0.1) is 11.7 Å². The molecule has 13 heavy (non-hydrogen) atoms. The highest BCUT2D eigenvalue weighted by molar-refractivity contribution is 5.48. The highest BCUT2D eigenvalue weighted by Gasteiger charge is 2.14. The van der Waals surface area contributed by atoms with Crippen LogP contribution in [0.5, 0.6) is 0 Å². The minimum absolute atomic E-state index is 0.0766. The number of rotatable bonds is 2. The summed E-state index contributed by atoms with van der Waals surface area (Å²) in [5, 5.41) is 9.67. The smallest absolute Gasteiger partial charge is 0.125 e. The molecule has 2 nitrogen and oxygen atoms in total. The lowest BCUT2D eigenvalue weighted by Crippen LogP contribution is -2.08. The summed E-state index contributed by atoms with van der Waals surface area (Å²) in [6, 6.07) is 4.05. The second-order valence-corrected chi connectivity index (χ2v) is 3.46. The number of hydrogen-bond donors (Lipinski definition) is 2. The van der Waals surface area contributed by atoms with Crippen molar-refractivity contribution in [1.82, 2.24) is 0 Å². The molecule has 1 atom stereocenters. The largest absolute Gasteiger partial charge is 0.398 e. The van der Waals surface area contributed by atoms with Crippen molar-refractivity contribution in [2.75, 3.05) is 5.73 Å². The molecule has 1 unspecified atom stereocenters. The van der Waals surface area contributed by atoms with Gasteiger partial charge < -0.3 is 10.8 Å². The third-order valence-corrected chi connectivity index (χ3v) is 2.00. The van der Waals surface area contributed by atoms with Gasteiger partial charge in [-0.2, -0.15) is 0 Å². The molecule has 0 saturated heterocycles. The highest BCUT2D eigenvalue weighted by atomic mass is 19.1. The Bertz CT molecular complexity index is 299. The first kappa shape index (κ1) is 9.99. The average molecular weight is 183 g/mol. The Morgan fingerprint density at radius 3 is 2.46 bits per heavy atom. The number of anilines is 1. The van der Waals surface area contributed by atoms with Crippen LogP contribution in [0.15, 0.2) is 18.2 Å². The van der Waals surface area contributed by atoms with Crippen molar-refractivity contribution < 1.29 is 9.50 Å². The fourth-order valence-corrected chi connectivity index (χ4v) is 1.17. The van der Waals surface area contributed by atoms with Crippen molar-refractivity contribution in [3.63, 3.8) is 0 Å². The summed E-state index contributed by atoms with van der Waals surface area (Å²) in [4.78, 5) is 0. The van der Waals surface area contributed by atoms with Crippen LogP contribution in [0.4, 0.5) is 10.1 Å². The minimum atomic E-state index is -0.624. The summed E-state index contributed by atoms with van der Waals surface area (Å²) >= 11 is 0. The SMILES string of the molecule is CC(C)C(O)c1ccc(F)cc1N. The predicted molar refractivity (Wildman–Crippen MR) is 50.6 cm³/mol. The van der Waals surface area contributed by atoms with Gasteiger partial charge >= 0.3 is 0 Å². The van der Waals surface area contributed by atoms with E-state index in [2.05, 4.69) is 0 Å². The van der Waals surface area contributed by atoms with Gasteiger partial charge in [-0.25, -0.2) is 4.39 Å². The Labute approximate surface area is 77.2 Å². The maximum Gasteiger partial charge on any atom is 0.125 e. The fourth-order valence-electron chi connectivity index (χ4n) is 1.17.